The minimum atomic E-state index is -0.306. The van der Waals surface area contributed by atoms with E-state index in [2.05, 4.69) is 24.1 Å². The molecule has 0 aliphatic rings. The second-order valence-electron chi connectivity index (χ2n) is 3.79. The van der Waals surface area contributed by atoms with Crippen LogP contribution in [0.3, 0.4) is 0 Å². The molecule has 0 saturated carbocycles. The molecule has 0 bridgehead atoms. The third kappa shape index (κ3) is 6.32. The van der Waals surface area contributed by atoms with Gasteiger partial charge in [0, 0.05) is 32.8 Å². The van der Waals surface area contributed by atoms with E-state index in [1.54, 1.807) is 7.11 Å². The predicted octanol–water partition coefficient (Wildman–Crippen LogP) is -0.0765. The highest BCUT2D eigenvalue weighted by atomic mass is 16.5. The number of aliphatic hydroxyl groups excluding tert-OH is 1. The molecular formula is C10H24N2O2. The molecule has 0 aromatic carbocycles. The molecule has 1 unspecified atom stereocenters. The van der Waals surface area contributed by atoms with Crippen molar-refractivity contribution in [3.8, 4) is 0 Å². The first-order valence-corrected chi connectivity index (χ1v) is 5.17. The Bertz CT molecular complexity index is 131. The molecule has 0 spiro atoms. The van der Waals surface area contributed by atoms with Gasteiger partial charge in [0.2, 0.25) is 0 Å². The minimum absolute atomic E-state index is 0.306. The molecule has 4 heteroatoms. The molecule has 2 N–H and O–H groups in total. The number of hydrogen-bond donors (Lipinski definition) is 2. The van der Waals surface area contributed by atoms with Gasteiger partial charge < -0.3 is 15.2 Å². The van der Waals surface area contributed by atoms with Gasteiger partial charge in [0.1, 0.15) is 0 Å². The number of nitrogens with one attached hydrogen (secondary N) is 1. The number of hydrogen-bond acceptors (Lipinski definition) is 4. The average Bonchev–Trinajstić information content (AvgIpc) is 2.12. The van der Waals surface area contributed by atoms with Gasteiger partial charge in [0.05, 0.1) is 12.7 Å². The first-order chi connectivity index (χ1) is 6.61. The zero-order valence-electron chi connectivity index (χ0n) is 9.79. The Morgan fingerprint density at radius 3 is 2.50 bits per heavy atom. The molecule has 0 saturated heterocycles. The second kappa shape index (κ2) is 8.17. The molecule has 0 aliphatic carbocycles. The summed E-state index contributed by atoms with van der Waals surface area (Å²) in [7, 11) is 3.54. The van der Waals surface area contributed by atoms with Crippen LogP contribution in [-0.2, 0) is 4.74 Å². The molecule has 0 fully saturated rings. The molecule has 0 aromatic rings. The van der Waals surface area contributed by atoms with Crippen LogP contribution in [-0.4, -0.2) is 62.6 Å². The summed E-state index contributed by atoms with van der Waals surface area (Å²) < 4.78 is 5.03. The van der Waals surface area contributed by atoms with E-state index in [1.165, 1.54) is 0 Å². The van der Waals surface area contributed by atoms with E-state index in [1.807, 2.05) is 7.05 Å². The molecule has 0 heterocycles. The largest absolute Gasteiger partial charge is 0.390 e. The fourth-order valence-electron chi connectivity index (χ4n) is 1.34. The van der Waals surface area contributed by atoms with E-state index in [4.69, 9.17) is 4.74 Å². The Hall–Kier alpha value is -0.160. The molecule has 0 amide bonds. The van der Waals surface area contributed by atoms with Gasteiger partial charge in [-0.1, -0.05) is 0 Å². The fourth-order valence-corrected chi connectivity index (χ4v) is 1.34. The number of likely N-dealkylation sites (N-methyl/N-ethyl adjacent to an activating group) is 1. The highest BCUT2D eigenvalue weighted by Gasteiger charge is 2.13. The van der Waals surface area contributed by atoms with Crippen LogP contribution < -0.4 is 5.32 Å². The lowest BCUT2D eigenvalue weighted by Gasteiger charge is -2.28. The molecule has 0 radical (unpaired) electrons. The lowest BCUT2D eigenvalue weighted by molar-refractivity contribution is 0.0730. The molecule has 1 atom stereocenters. The van der Waals surface area contributed by atoms with Crippen LogP contribution in [0.25, 0.3) is 0 Å². The maximum atomic E-state index is 9.62. The summed E-state index contributed by atoms with van der Waals surface area (Å²) in [6.07, 6.45) is -0.306. The highest BCUT2D eigenvalue weighted by molar-refractivity contribution is 4.69. The zero-order chi connectivity index (χ0) is 11.0. The van der Waals surface area contributed by atoms with Gasteiger partial charge in [0.25, 0.3) is 0 Å². The molecule has 86 valence electrons. The van der Waals surface area contributed by atoms with Crippen molar-refractivity contribution in [2.45, 2.75) is 26.0 Å². The van der Waals surface area contributed by atoms with Gasteiger partial charge in [-0.3, -0.25) is 4.90 Å². The lowest BCUT2D eigenvalue weighted by Crippen LogP contribution is -2.42. The Morgan fingerprint density at radius 1 is 1.43 bits per heavy atom. The number of nitrogens with zero attached hydrogens (tertiary/aromatic N) is 1. The summed E-state index contributed by atoms with van der Waals surface area (Å²) in [5.41, 5.74) is 0. The van der Waals surface area contributed by atoms with Gasteiger partial charge in [-0.15, -0.1) is 0 Å². The topological polar surface area (TPSA) is 44.7 Å². The highest BCUT2D eigenvalue weighted by Crippen LogP contribution is 1.99. The van der Waals surface area contributed by atoms with Gasteiger partial charge in [-0.25, -0.2) is 0 Å². The van der Waals surface area contributed by atoms with Crippen molar-refractivity contribution < 1.29 is 9.84 Å². The van der Waals surface area contributed by atoms with E-state index in [0.29, 0.717) is 25.7 Å². The summed E-state index contributed by atoms with van der Waals surface area (Å²) in [6, 6.07) is 0.441. The van der Waals surface area contributed by atoms with E-state index < -0.39 is 0 Å². The van der Waals surface area contributed by atoms with Crippen LogP contribution in [0.2, 0.25) is 0 Å². The molecule has 0 aromatic heterocycles. The summed E-state index contributed by atoms with van der Waals surface area (Å²) in [5, 5.41) is 12.6. The summed E-state index contributed by atoms with van der Waals surface area (Å²) >= 11 is 0. The van der Waals surface area contributed by atoms with Gasteiger partial charge in [-0.2, -0.15) is 0 Å². The quantitative estimate of drug-likeness (QED) is 0.581. The molecule has 0 rings (SSSR count). The first-order valence-electron chi connectivity index (χ1n) is 5.17. The summed E-state index contributed by atoms with van der Waals surface area (Å²) in [5.74, 6) is 0. The number of ether oxygens (including phenoxy) is 1. The third-order valence-corrected chi connectivity index (χ3v) is 2.20. The first kappa shape index (κ1) is 13.8. The Morgan fingerprint density at radius 2 is 2.07 bits per heavy atom. The average molecular weight is 204 g/mol. The van der Waals surface area contributed by atoms with Gasteiger partial charge in [0.15, 0.2) is 0 Å². The number of methoxy groups -OCH3 is 1. The SMILES string of the molecule is CNCC(O)CN(CCOC)C(C)C. The minimum Gasteiger partial charge on any atom is -0.390 e. The van der Waals surface area contributed by atoms with Crippen LogP contribution in [0.5, 0.6) is 0 Å². The van der Waals surface area contributed by atoms with Crippen LogP contribution in [0.4, 0.5) is 0 Å². The molecule has 4 nitrogen and oxygen atoms in total. The third-order valence-electron chi connectivity index (χ3n) is 2.20. The maximum Gasteiger partial charge on any atom is 0.0791 e. The van der Waals surface area contributed by atoms with Crippen molar-refractivity contribution >= 4 is 0 Å². The van der Waals surface area contributed by atoms with Gasteiger partial charge >= 0.3 is 0 Å². The molecule has 0 aliphatic heterocycles. The van der Waals surface area contributed by atoms with Crippen LogP contribution in [0.15, 0.2) is 0 Å². The summed E-state index contributed by atoms with van der Waals surface area (Å²) in [6.45, 7) is 7.17. The standard InChI is InChI=1S/C10H24N2O2/c1-9(2)12(5-6-14-4)8-10(13)7-11-3/h9-11,13H,5-8H2,1-4H3. The lowest BCUT2D eigenvalue weighted by atomic mass is 10.2. The monoisotopic (exact) mass is 204 g/mol. The predicted molar refractivity (Wildman–Crippen MR) is 58.5 cm³/mol. The van der Waals surface area contributed by atoms with E-state index in [0.717, 1.165) is 6.54 Å². The van der Waals surface area contributed by atoms with Crippen molar-refractivity contribution in [2.24, 2.45) is 0 Å². The maximum absolute atomic E-state index is 9.62. The Kier molecular flexibility index (Phi) is 8.08. The van der Waals surface area contributed by atoms with E-state index in [9.17, 15) is 5.11 Å². The van der Waals surface area contributed by atoms with Crippen molar-refractivity contribution in [3.05, 3.63) is 0 Å². The van der Waals surface area contributed by atoms with Crippen molar-refractivity contribution in [3.63, 3.8) is 0 Å². The van der Waals surface area contributed by atoms with E-state index in [-0.39, 0.29) is 6.10 Å². The van der Waals surface area contributed by atoms with Crippen molar-refractivity contribution in [1.82, 2.24) is 10.2 Å². The van der Waals surface area contributed by atoms with Crippen molar-refractivity contribution in [2.75, 3.05) is 40.4 Å². The second-order valence-corrected chi connectivity index (χ2v) is 3.79. The number of rotatable bonds is 8. The normalized spacial score (nSPS) is 13.9. The molecule has 14 heavy (non-hydrogen) atoms. The van der Waals surface area contributed by atoms with E-state index >= 15 is 0 Å². The Labute approximate surface area is 87.2 Å². The van der Waals surface area contributed by atoms with Crippen LogP contribution in [0.1, 0.15) is 13.8 Å². The fraction of sp³-hybridized carbons (Fsp3) is 1.00. The summed E-state index contributed by atoms with van der Waals surface area (Å²) in [4.78, 5) is 2.21. The van der Waals surface area contributed by atoms with Crippen molar-refractivity contribution in [1.29, 1.82) is 0 Å². The smallest absolute Gasteiger partial charge is 0.0791 e. The Balaban J connectivity index is 3.82. The zero-order valence-corrected chi connectivity index (χ0v) is 9.79. The molecular weight excluding hydrogens is 180 g/mol. The number of aliphatic hydroxyl groups is 1. The van der Waals surface area contributed by atoms with Gasteiger partial charge in [-0.05, 0) is 20.9 Å². The van der Waals surface area contributed by atoms with Crippen LogP contribution in [0, 0.1) is 0 Å². The van der Waals surface area contributed by atoms with Crippen LogP contribution >= 0.6 is 0 Å².